The Morgan fingerprint density at radius 2 is 1.95 bits per heavy atom. The zero-order chi connectivity index (χ0) is 15.2. The highest BCUT2D eigenvalue weighted by Crippen LogP contribution is 2.13. The van der Waals surface area contributed by atoms with Gasteiger partial charge in [-0.2, -0.15) is 0 Å². The molecular weight excluding hydrogens is 271 g/mol. The molecule has 0 spiro atoms. The van der Waals surface area contributed by atoms with E-state index in [1.165, 1.54) is 12.1 Å². The Bertz CT molecular complexity index is 458. The van der Waals surface area contributed by atoms with Crippen LogP contribution in [-0.2, 0) is 4.79 Å². The third kappa shape index (κ3) is 4.43. The minimum Gasteiger partial charge on any atom is -0.492 e. The summed E-state index contributed by atoms with van der Waals surface area (Å²) in [7, 11) is 1.92. The molecule has 1 fully saturated rings. The lowest BCUT2D eigenvalue weighted by molar-refractivity contribution is -0.134. The van der Waals surface area contributed by atoms with E-state index < -0.39 is 0 Å². The summed E-state index contributed by atoms with van der Waals surface area (Å²) in [4.78, 5) is 16.2. The van der Waals surface area contributed by atoms with E-state index in [-0.39, 0.29) is 17.8 Å². The predicted molar refractivity (Wildman–Crippen MR) is 79.8 cm³/mol. The zero-order valence-electron chi connectivity index (χ0n) is 12.7. The second-order valence-corrected chi connectivity index (χ2v) is 5.49. The van der Waals surface area contributed by atoms with E-state index in [1.807, 2.05) is 23.8 Å². The maximum absolute atomic E-state index is 12.8. The van der Waals surface area contributed by atoms with E-state index in [2.05, 4.69) is 0 Å². The van der Waals surface area contributed by atoms with Crippen molar-refractivity contribution >= 4 is 5.91 Å². The molecule has 1 aromatic rings. The number of halogens is 1. The van der Waals surface area contributed by atoms with Crippen molar-refractivity contribution in [3.63, 3.8) is 0 Å². The van der Waals surface area contributed by atoms with Gasteiger partial charge in [0.2, 0.25) is 5.91 Å². The Balaban J connectivity index is 1.74. The van der Waals surface area contributed by atoms with Gasteiger partial charge in [-0.25, -0.2) is 4.39 Å². The molecule has 1 saturated heterocycles. The van der Waals surface area contributed by atoms with Crippen LogP contribution in [0.2, 0.25) is 0 Å². The van der Waals surface area contributed by atoms with Gasteiger partial charge in [0.05, 0.1) is 6.04 Å². The standard InChI is InChI=1S/C16H23FN2O2/c1-13(16(20)19-9-3-4-10-19)18(2)11-12-21-15-7-5-14(17)6-8-15/h5-8,13H,3-4,9-12H2,1-2H3. The fraction of sp³-hybridized carbons (Fsp3) is 0.562. The lowest BCUT2D eigenvalue weighted by atomic mass is 10.2. The predicted octanol–water partition coefficient (Wildman–Crippen LogP) is 2.15. The van der Waals surface area contributed by atoms with Crippen LogP contribution in [0.1, 0.15) is 19.8 Å². The Hall–Kier alpha value is -1.62. The quantitative estimate of drug-likeness (QED) is 0.806. The largest absolute Gasteiger partial charge is 0.492 e. The number of ether oxygens (including phenoxy) is 1. The van der Waals surface area contributed by atoms with Gasteiger partial charge in [-0.15, -0.1) is 0 Å². The van der Waals surface area contributed by atoms with Crippen LogP contribution in [0.25, 0.3) is 0 Å². The molecule has 0 aliphatic carbocycles. The number of hydrogen-bond donors (Lipinski definition) is 0. The third-order valence-corrected chi connectivity index (χ3v) is 3.96. The lowest BCUT2D eigenvalue weighted by Crippen LogP contribution is -2.45. The highest BCUT2D eigenvalue weighted by Gasteiger charge is 2.25. The average Bonchev–Trinajstić information content (AvgIpc) is 3.02. The molecular formula is C16H23FN2O2. The Kier molecular flexibility index (Phi) is 5.56. The summed E-state index contributed by atoms with van der Waals surface area (Å²) in [6.07, 6.45) is 2.21. The molecule has 1 atom stereocenters. The van der Waals surface area contributed by atoms with Crippen molar-refractivity contribution in [3.8, 4) is 5.75 Å². The first-order valence-electron chi connectivity index (χ1n) is 7.45. The summed E-state index contributed by atoms with van der Waals surface area (Å²) in [5.41, 5.74) is 0. The maximum Gasteiger partial charge on any atom is 0.239 e. The molecule has 0 bridgehead atoms. The first kappa shape index (κ1) is 15.8. The van der Waals surface area contributed by atoms with Crippen LogP contribution in [0.15, 0.2) is 24.3 Å². The molecule has 0 radical (unpaired) electrons. The molecule has 0 saturated carbocycles. The van der Waals surface area contributed by atoms with Gasteiger partial charge in [0.15, 0.2) is 0 Å². The first-order chi connectivity index (χ1) is 10.1. The number of likely N-dealkylation sites (N-methyl/N-ethyl adjacent to an activating group) is 1. The molecule has 21 heavy (non-hydrogen) atoms. The normalized spacial score (nSPS) is 16.3. The number of nitrogens with zero attached hydrogens (tertiary/aromatic N) is 2. The highest BCUT2D eigenvalue weighted by atomic mass is 19.1. The van der Waals surface area contributed by atoms with Crippen molar-refractivity contribution in [3.05, 3.63) is 30.1 Å². The molecule has 2 rings (SSSR count). The zero-order valence-corrected chi connectivity index (χ0v) is 12.7. The maximum atomic E-state index is 12.8. The van der Waals surface area contributed by atoms with Crippen LogP contribution in [0.3, 0.4) is 0 Å². The fourth-order valence-electron chi connectivity index (χ4n) is 2.42. The number of hydrogen-bond acceptors (Lipinski definition) is 3. The van der Waals surface area contributed by atoms with Gasteiger partial charge in [0, 0.05) is 19.6 Å². The van der Waals surface area contributed by atoms with E-state index in [1.54, 1.807) is 12.1 Å². The molecule has 1 aliphatic rings. The summed E-state index contributed by atoms with van der Waals surface area (Å²) < 4.78 is 18.3. The second-order valence-electron chi connectivity index (χ2n) is 5.49. The molecule has 1 aliphatic heterocycles. The van der Waals surface area contributed by atoms with Crippen molar-refractivity contribution in [2.24, 2.45) is 0 Å². The van der Waals surface area contributed by atoms with Gasteiger partial charge in [0.25, 0.3) is 0 Å². The van der Waals surface area contributed by atoms with Gasteiger partial charge in [-0.05, 0) is 51.1 Å². The van der Waals surface area contributed by atoms with Crippen LogP contribution < -0.4 is 4.74 Å². The molecule has 1 aromatic carbocycles. The van der Waals surface area contributed by atoms with Crippen molar-refractivity contribution in [1.29, 1.82) is 0 Å². The van der Waals surface area contributed by atoms with E-state index in [0.717, 1.165) is 25.9 Å². The number of amides is 1. The number of rotatable bonds is 6. The fourth-order valence-corrected chi connectivity index (χ4v) is 2.42. The number of benzene rings is 1. The summed E-state index contributed by atoms with van der Waals surface area (Å²) >= 11 is 0. The van der Waals surface area contributed by atoms with Gasteiger partial charge in [-0.3, -0.25) is 9.69 Å². The smallest absolute Gasteiger partial charge is 0.239 e. The molecule has 116 valence electrons. The minimum atomic E-state index is -0.274. The van der Waals surface area contributed by atoms with E-state index >= 15 is 0 Å². The van der Waals surface area contributed by atoms with Crippen molar-refractivity contribution in [1.82, 2.24) is 9.80 Å². The summed E-state index contributed by atoms with van der Waals surface area (Å²) in [5, 5.41) is 0. The van der Waals surface area contributed by atoms with E-state index in [0.29, 0.717) is 18.9 Å². The van der Waals surface area contributed by atoms with Crippen molar-refractivity contribution in [2.75, 3.05) is 33.3 Å². The topological polar surface area (TPSA) is 32.8 Å². The summed E-state index contributed by atoms with van der Waals surface area (Å²) in [6.45, 7) is 4.81. The molecule has 4 nitrogen and oxygen atoms in total. The Morgan fingerprint density at radius 3 is 2.57 bits per heavy atom. The molecule has 5 heteroatoms. The van der Waals surface area contributed by atoms with Crippen LogP contribution in [-0.4, -0.2) is 55.0 Å². The summed E-state index contributed by atoms with van der Waals surface area (Å²) in [6, 6.07) is 5.82. The van der Waals surface area contributed by atoms with E-state index in [4.69, 9.17) is 4.74 Å². The average molecular weight is 294 g/mol. The van der Waals surface area contributed by atoms with E-state index in [9.17, 15) is 9.18 Å². The lowest BCUT2D eigenvalue weighted by Gasteiger charge is -2.27. The van der Waals surface area contributed by atoms with Crippen LogP contribution in [0.5, 0.6) is 5.75 Å². The van der Waals surface area contributed by atoms with Gasteiger partial charge < -0.3 is 9.64 Å². The Labute approximate surface area is 125 Å². The van der Waals surface area contributed by atoms with Crippen LogP contribution in [0, 0.1) is 5.82 Å². The SMILES string of the molecule is CC(C(=O)N1CCCC1)N(C)CCOc1ccc(F)cc1. The van der Waals surface area contributed by atoms with Crippen molar-refractivity contribution in [2.45, 2.75) is 25.8 Å². The molecule has 0 N–H and O–H groups in total. The van der Waals surface area contributed by atoms with Gasteiger partial charge >= 0.3 is 0 Å². The Morgan fingerprint density at radius 1 is 1.33 bits per heavy atom. The minimum absolute atomic E-state index is 0.139. The monoisotopic (exact) mass is 294 g/mol. The molecule has 1 unspecified atom stereocenters. The number of likely N-dealkylation sites (tertiary alicyclic amines) is 1. The molecule has 1 heterocycles. The number of carbonyl (C=O) groups excluding carboxylic acids is 1. The van der Waals surface area contributed by atoms with Crippen LogP contribution in [0.4, 0.5) is 4.39 Å². The van der Waals surface area contributed by atoms with Crippen molar-refractivity contribution < 1.29 is 13.9 Å². The molecule has 0 aromatic heterocycles. The van der Waals surface area contributed by atoms with Gasteiger partial charge in [-0.1, -0.05) is 0 Å². The third-order valence-electron chi connectivity index (χ3n) is 3.96. The van der Waals surface area contributed by atoms with Gasteiger partial charge in [0.1, 0.15) is 18.2 Å². The highest BCUT2D eigenvalue weighted by molar-refractivity contribution is 5.81. The second kappa shape index (κ2) is 7.41. The number of carbonyl (C=O) groups is 1. The molecule has 1 amide bonds. The first-order valence-corrected chi connectivity index (χ1v) is 7.45. The summed E-state index contributed by atoms with van der Waals surface area (Å²) in [5.74, 6) is 0.560. The van der Waals surface area contributed by atoms with Crippen LogP contribution >= 0.6 is 0 Å².